The number of carbonyl (C=O) groups excluding carboxylic acids is 2. The van der Waals surface area contributed by atoms with Crippen molar-refractivity contribution < 1.29 is 23.5 Å². The van der Waals surface area contributed by atoms with Gasteiger partial charge in [0.25, 0.3) is 11.8 Å². The van der Waals surface area contributed by atoms with Crippen LogP contribution in [0.1, 0.15) is 39.3 Å². The van der Waals surface area contributed by atoms with Crippen molar-refractivity contribution in [3.8, 4) is 5.75 Å². The molecule has 7 nitrogen and oxygen atoms in total. The molecule has 0 saturated heterocycles. The van der Waals surface area contributed by atoms with Gasteiger partial charge < -0.3 is 20.3 Å². The van der Waals surface area contributed by atoms with Crippen LogP contribution < -0.4 is 10.7 Å². The zero-order chi connectivity index (χ0) is 22.1. The number of hydrogen-bond acceptors (Lipinski definition) is 4. The highest BCUT2D eigenvalue weighted by molar-refractivity contribution is 5.98. The van der Waals surface area contributed by atoms with Crippen molar-refractivity contribution in [2.24, 2.45) is 11.8 Å². The number of aromatic amines is 1. The molecule has 1 unspecified atom stereocenters. The van der Waals surface area contributed by atoms with Crippen LogP contribution in [0.3, 0.4) is 0 Å². The van der Waals surface area contributed by atoms with Gasteiger partial charge in [0.15, 0.2) is 11.4 Å². The molecule has 1 aliphatic heterocycles. The summed E-state index contributed by atoms with van der Waals surface area (Å²) in [4.78, 5) is 41.9. The highest BCUT2D eigenvalue weighted by atomic mass is 19.1. The van der Waals surface area contributed by atoms with Gasteiger partial charge >= 0.3 is 0 Å². The van der Waals surface area contributed by atoms with E-state index in [0.717, 1.165) is 18.7 Å². The van der Waals surface area contributed by atoms with Crippen molar-refractivity contribution in [2.45, 2.75) is 19.4 Å². The zero-order valence-electron chi connectivity index (χ0n) is 16.5. The quantitative estimate of drug-likeness (QED) is 0.649. The third-order valence-electron chi connectivity index (χ3n) is 5.64. The molecule has 2 heterocycles. The van der Waals surface area contributed by atoms with Crippen LogP contribution in [0.15, 0.2) is 41.3 Å². The molecular formula is C22H21F2N3O4. The Morgan fingerprint density at radius 2 is 2.10 bits per heavy atom. The number of H-pyrrole nitrogens is 1. The first-order valence-electron chi connectivity index (χ1n) is 9.98. The Morgan fingerprint density at radius 3 is 2.87 bits per heavy atom. The number of rotatable bonds is 4. The summed E-state index contributed by atoms with van der Waals surface area (Å²) in [5.74, 6) is -2.93. The highest BCUT2D eigenvalue weighted by Crippen LogP contribution is 2.41. The third-order valence-corrected chi connectivity index (χ3v) is 5.64. The second-order valence-corrected chi connectivity index (χ2v) is 7.80. The van der Waals surface area contributed by atoms with Crippen molar-refractivity contribution in [3.05, 3.63) is 75.2 Å². The Labute approximate surface area is 176 Å². The molecule has 31 heavy (non-hydrogen) atoms. The molecule has 4 rings (SSSR count). The number of nitrogens with zero attached hydrogens (tertiary/aromatic N) is 1. The van der Waals surface area contributed by atoms with Crippen molar-refractivity contribution in [2.75, 3.05) is 13.1 Å². The SMILES string of the molecule is O=C(NCc1ccc(F)cc1F)c1c[nH]c(C(=O)N2CC/C=C\C3C[C@@H]3C2)c(O)c1=O. The lowest BCUT2D eigenvalue weighted by Crippen LogP contribution is -2.36. The van der Waals surface area contributed by atoms with Crippen LogP contribution in [0, 0.1) is 23.5 Å². The molecule has 1 saturated carbocycles. The van der Waals surface area contributed by atoms with E-state index in [-0.39, 0.29) is 17.8 Å². The molecule has 162 valence electrons. The van der Waals surface area contributed by atoms with Gasteiger partial charge in [0, 0.05) is 37.5 Å². The number of amides is 2. The summed E-state index contributed by atoms with van der Waals surface area (Å²) < 4.78 is 26.7. The number of pyridine rings is 1. The predicted molar refractivity (Wildman–Crippen MR) is 108 cm³/mol. The standard InChI is InChI=1S/C22H21F2N3O4/c23-15-5-4-13(17(24)8-15)9-26-21(30)16-10-25-18(20(29)19(16)28)22(31)27-6-2-1-3-12-7-14(12)11-27/h1,3-5,8,10,12,14,29H,2,6-7,9,11H2,(H,25,28)(H,26,30)/b3-1-/t12?,14-/m1/s1. The van der Waals surface area contributed by atoms with E-state index in [9.17, 15) is 28.3 Å². The molecule has 9 heteroatoms. The first kappa shape index (κ1) is 20.8. The molecule has 1 aromatic carbocycles. The van der Waals surface area contributed by atoms with E-state index in [1.165, 1.54) is 6.07 Å². The van der Waals surface area contributed by atoms with Gasteiger partial charge in [-0.15, -0.1) is 0 Å². The number of aromatic hydroxyl groups is 1. The molecule has 0 bridgehead atoms. The van der Waals surface area contributed by atoms with Gasteiger partial charge in [0.1, 0.15) is 17.2 Å². The average molecular weight is 429 g/mol. The fourth-order valence-electron chi connectivity index (χ4n) is 3.72. The monoisotopic (exact) mass is 429 g/mol. The molecule has 3 N–H and O–H groups in total. The largest absolute Gasteiger partial charge is 0.503 e. The summed E-state index contributed by atoms with van der Waals surface area (Å²) in [7, 11) is 0. The van der Waals surface area contributed by atoms with Crippen molar-refractivity contribution in [1.82, 2.24) is 15.2 Å². The topological polar surface area (TPSA) is 102 Å². The summed E-state index contributed by atoms with van der Waals surface area (Å²) in [5, 5.41) is 12.7. The van der Waals surface area contributed by atoms with Crippen LogP contribution >= 0.6 is 0 Å². The smallest absolute Gasteiger partial charge is 0.274 e. The van der Waals surface area contributed by atoms with Gasteiger partial charge in [-0.3, -0.25) is 14.4 Å². The molecule has 2 amide bonds. The molecular weight excluding hydrogens is 408 g/mol. The molecule has 2 aliphatic rings. The number of halogens is 2. The molecule has 1 aromatic heterocycles. The summed E-state index contributed by atoms with van der Waals surface area (Å²) in [6, 6.07) is 2.91. The number of fused-ring (bicyclic) bond motifs is 1. The first-order valence-corrected chi connectivity index (χ1v) is 9.98. The Bertz CT molecular complexity index is 1130. The van der Waals surface area contributed by atoms with E-state index in [1.807, 2.05) is 6.08 Å². The van der Waals surface area contributed by atoms with E-state index in [4.69, 9.17) is 0 Å². The van der Waals surface area contributed by atoms with Crippen molar-refractivity contribution >= 4 is 11.8 Å². The molecule has 0 spiro atoms. The summed E-state index contributed by atoms with van der Waals surface area (Å²) in [6.45, 7) is 0.724. The van der Waals surface area contributed by atoms with E-state index in [1.54, 1.807) is 4.90 Å². The van der Waals surface area contributed by atoms with Gasteiger partial charge in [-0.05, 0) is 30.7 Å². The minimum absolute atomic E-state index is 0.0340. The first-order chi connectivity index (χ1) is 14.8. The van der Waals surface area contributed by atoms with E-state index in [0.29, 0.717) is 37.4 Å². The van der Waals surface area contributed by atoms with Gasteiger partial charge in [-0.2, -0.15) is 0 Å². The number of nitrogens with one attached hydrogen (secondary N) is 2. The Kier molecular flexibility index (Phi) is 5.58. The maximum atomic E-state index is 13.7. The third kappa shape index (κ3) is 4.35. The average Bonchev–Trinajstić information content (AvgIpc) is 3.45. The fraction of sp³-hybridized carbons (Fsp3) is 0.318. The number of benzene rings is 1. The Morgan fingerprint density at radius 1 is 1.29 bits per heavy atom. The maximum Gasteiger partial charge on any atom is 0.274 e. The van der Waals surface area contributed by atoms with Crippen LogP contribution in [0.5, 0.6) is 5.75 Å². The van der Waals surface area contributed by atoms with E-state index < -0.39 is 40.2 Å². The van der Waals surface area contributed by atoms with E-state index >= 15 is 0 Å². The lowest BCUT2D eigenvalue weighted by Gasteiger charge is -2.23. The molecule has 0 radical (unpaired) electrons. The van der Waals surface area contributed by atoms with Crippen LogP contribution in [-0.2, 0) is 6.54 Å². The lowest BCUT2D eigenvalue weighted by molar-refractivity contribution is 0.0737. The number of aromatic nitrogens is 1. The minimum Gasteiger partial charge on any atom is -0.503 e. The highest BCUT2D eigenvalue weighted by Gasteiger charge is 2.38. The number of carbonyl (C=O) groups is 2. The minimum atomic E-state index is -1.00. The van der Waals surface area contributed by atoms with Gasteiger partial charge in [-0.25, -0.2) is 8.78 Å². The second kappa shape index (κ2) is 8.33. The number of hydrogen-bond donors (Lipinski definition) is 3. The molecule has 2 atom stereocenters. The predicted octanol–water partition coefficient (Wildman–Crippen LogP) is 2.33. The van der Waals surface area contributed by atoms with Gasteiger partial charge in [-0.1, -0.05) is 18.2 Å². The van der Waals surface area contributed by atoms with E-state index in [2.05, 4.69) is 16.4 Å². The molecule has 1 fully saturated rings. The Balaban J connectivity index is 1.48. The van der Waals surface area contributed by atoms with Crippen molar-refractivity contribution in [3.63, 3.8) is 0 Å². The second-order valence-electron chi connectivity index (χ2n) is 7.80. The summed E-state index contributed by atoms with van der Waals surface area (Å²) >= 11 is 0. The lowest BCUT2D eigenvalue weighted by atomic mass is 10.1. The van der Waals surface area contributed by atoms with Gasteiger partial charge in [0.05, 0.1) is 0 Å². The zero-order valence-corrected chi connectivity index (χ0v) is 16.5. The fourth-order valence-corrected chi connectivity index (χ4v) is 3.72. The molecule has 2 aromatic rings. The summed E-state index contributed by atoms with van der Waals surface area (Å²) in [5.41, 5.74) is -1.66. The van der Waals surface area contributed by atoms with Crippen LogP contribution in [0.25, 0.3) is 0 Å². The van der Waals surface area contributed by atoms with Crippen molar-refractivity contribution in [1.29, 1.82) is 0 Å². The normalized spacial score (nSPS) is 20.9. The van der Waals surface area contributed by atoms with Crippen LogP contribution in [0.2, 0.25) is 0 Å². The van der Waals surface area contributed by atoms with Gasteiger partial charge in [0.2, 0.25) is 5.43 Å². The van der Waals surface area contributed by atoms with Crippen LogP contribution in [0.4, 0.5) is 8.78 Å². The Hall–Kier alpha value is -3.49. The summed E-state index contributed by atoms with van der Waals surface area (Å²) in [6.07, 6.45) is 6.94. The van der Waals surface area contributed by atoms with Crippen LogP contribution in [-0.4, -0.2) is 39.9 Å². The number of allylic oxidation sites excluding steroid dienone is 1. The maximum absolute atomic E-state index is 13.7. The molecule has 1 aliphatic carbocycles.